The molecule has 19 heavy (non-hydrogen) atoms. The van der Waals surface area contributed by atoms with E-state index in [2.05, 4.69) is 35.1 Å². The maximum absolute atomic E-state index is 13.5. The van der Waals surface area contributed by atoms with Gasteiger partial charge in [-0.3, -0.25) is 10.1 Å². The van der Waals surface area contributed by atoms with Crippen LogP contribution in [0.2, 0.25) is 0 Å². The van der Waals surface area contributed by atoms with Crippen molar-refractivity contribution in [3.63, 3.8) is 0 Å². The third-order valence-corrected chi connectivity index (χ3v) is 3.56. The van der Waals surface area contributed by atoms with Gasteiger partial charge in [0, 0.05) is 17.7 Å². The van der Waals surface area contributed by atoms with Crippen molar-refractivity contribution in [3.05, 3.63) is 38.1 Å². The van der Waals surface area contributed by atoms with Gasteiger partial charge < -0.3 is 5.32 Å². The fourth-order valence-corrected chi connectivity index (χ4v) is 2.38. The minimum absolute atomic E-state index is 0.0442. The van der Waals surface area contributed by atoms with Crippen LogP contribution in [-0.4, -0.2) is 18.0 Å². The predicted molar refractivity (Wildman–Crippen MR) is 76.8 cm³/mol. The molecule has 0 aliphatic rings. The van der Waals surface area contributed by atoms with Crippen LogP contribution >= 0.6 is 15.9 Å². The van der Waals surface area contributed by atoms with Crippen molar-refractivity contribution < 1.29 is 9.31 Å². The van der Waals surface area contributed by atoms with Crippen LogP contribution in [0.25, 0.3) is 0 Å². The van der Waals surface area contributed by atoms with Crippen molar-refractivity contribution in [3.8, 4) is 0 Å². The summed E-state index contributed by atoms with van der Waals surface area (Å²) in [6, 6.07) is 2.57. The number of halogens is 2. The van der Waals surface area contributed by atoms with Crippen molar-refractivity contribution in [2.24, 2.45) is 5.92 Å². The molecule has 0 saturated carbocycles. The summed E-state index contributed by atoms with van der Waals surface area (Å²) in [4.78, 5) is 10.5. The molecule has 0 aromatic heterocycles. The van der Waals surface area contributed by atoms with Crippen molar-refractivity contribution >= 4 is 21.6 Å². The first kappa shape index (κ1) is 16.0. The zero-order valence-electron chi connectivity index (χ0n) is 11.2. The Labute approximate surface area is 120 Å². The zero-order valence-corrected chi connectivity index (χ0v) is 12.8. The molecule has 0 amide bonds. The van der Waals surface area contributed by atoms with Crippen molar-refractivity contribution in [1.82, 2.24) is 5.32 Å². The number of benzene rings is 1. The van der Waals surface area contributed by atoms with Crippen LogP contribution in [0, 0.1) is 21.8 Å². The summed E-state index contributed by atoms with van der Waals surface area (Å²) in [6.45, 7) is 4.17. The Morgan fingerprint density at radius 2 is 2.11 bits per heavy atom. The molecule has 106 valence electrons. The number of nitro groups is 1. The fraction of sp³-hybridized carbons (Fsp3) is 0.538. The van der Waals surface area contributed by atoms with E-state index in [9.17, 15) is 14.5 Å². The van der Waals surface area contributed by atoms with Crippen molar-refractivity contribution in [1.29, 1.82) is 0 Å². The Hall–Kier alpha value is -1.01. The molecule has 0 bridgehead atoms. The Morgan fingerprint density at radius 1 is 1.47 bits per heavy atom. The summed E-state index contributed by atoms with van der Waals surface area (Å²) in [5.74, 6) is -0.00296. The van der Waals surface area contributed by atoms with E-state index in [-0.39, 0.29) is 16.2 Å². The Kier molecular flexibility index (Phi) is 5.87. The topological polar surface area (TPSA) is 55.2 Å². The molecule has 0 fully saturated rings. The molecule has 0 saturated heterocycles. The van der Waals surface area contributed by atoms with Crippen LogP contribution in [0.15, 0.2) is 16.6 Å². The fourth-order valence-electron chi connectivity index (χ4n) is 2.05. The number of nitro benzene ring substituents is 1. The smallest absolute Gasteiger partial charge is 0.273 e. The molecular weight excluding hydrogens is 315 g/mol. The maximum atomic E-state index is 13.5. The number of nitrogens with one attached hydrogen (secondary N) is 1. The SMILES string of the molecule is CNC(Cc1cc(F)c(Br)cc1[N+](=O)[O-])CC(C)C. The minimum atomic E-state index is -0.472. The van der Waals surface area contributed by atoms with Crippen LogP contribution in [0.1, 0.15) is 25.8 Å². The molecule has 1 atom stereocenters. The van der Waals surface area contributed by atoms with Gasteiger partial charge in [0.1, 0.15) is 5.82 Å². The molecular formula is C13H18BrFN2O2. The highest BCUT2D eigenvalue weighted by molar-refractivity contribution is 9.10. The molecule has 1 aromatic rings. The van der Waals surface area contributed by atoms with Gasteiger partial charge in [0.15, 0.2) is 0 Å². The third kappa shape index (κ3) is 4.54. The molecule has 1 aromatic carbocycles. The lowest BCUT2D eigenvalue weighted by atomic mass is 9.96. The predicted octanol–water partition coefficient (Wildman–Crippen LogP) is 3.67. The third-order valence-electron chi connectivity index (χ3n) is 2.95. The zero-order chi connectivity index (χ0) is 14.6. The Balaban J connectivity index is 3.04. The standard InChI is InChI=1S/C13H18BrFN2O2/c1-8(2)4-10(16-3)5-9-6-12(15)11(14)7-13(9)17(18)19/h6-8,10,16H,4-5H2,1-3H3. The van der Waals surface area contributed by atoms with Gasteiger partial charge in [-0.15, -0.1) is 0 Å². The summed E-state index contributed by atoms with van der Waals surface area (Å²) in [7, 11) is 1.81. The van der Waals surface area contributed by atoms with Gasteiger partial charge in [0.25, 0.3) is 5.69 Å². The molecule has 0 aliphatic carbocycles. The van der Waals surface area contributed by atoms with E-state index >= 15 is 0 Å². The van der Waals surface area contributed by atoms with E-state index in [1.165, 1.54) is 12.1 Å². The van der Waals surface area contributed by atoms with Gasteiger partial charge in [0.05, 0.1) is 9.40 Å². The van der Waals surface area contributed by atoms with Gasteiger partial charge in [-0.25, -0.2) is 4.39 Å². The Morgan fingerprint density at radius 3 is 2.58 bits per heavy atom. The average molecular weight is 333 g/mol. The Bertz CT molecular complexity index is 466. The van der Waals surface area contributed by atoms with Crippen LogP contribution in [0.4, 0.5) is 10.1 Å². The lowest BCUT2D eigenvalue weighted by Gasteiger charge is -2.18. The lowest BCUT2D eigenvalue weighted by Crippen LogP contribution is -2.29. The molecule has 4 nitrogen and oxygen atoms in total. The molecule has 6 heteroatoms. The second-order valence-electron chi connectivity index (χ2n) is 4.97. The molecule has 0 spiro atoms. The highest BCUT2D eigenvalue weighted by Crippen LogP contribution is 2.28. The number of rotatable bonds is 6. The van der Waals surface area contributed by atoms with E-state index in [0.717, 1.165) is 6.42 Å². The summed E-state index contributed by atoms with van der Waals surface area (Å²) < 4.78 is 13.7. The number of hydrogen-bond acceptors (Lipinski definition) is 3. The van der Waals surface area contributed by atoms with Crippen LogP contribution in [-0.2, 0) is 6.42 Å². The van der Waals surface area contributed by atoms with Crippen LogP contribution in [0.5, 0.6) is 0 Å². The average Bonchev–Trinajstić information content (AvgIpc) is 2.31. The first-order chi connectivity index (χ1) is 8.85. The largest absolute Gasteiger partial charge is 0.317 e. The maximum Gasteiger partial charge on any atom is 0.273 e. The molecule has 1 rings (SSSR count). The minimum Gasteiger partial charge on any atom is -0.317 e. The molecule has 0 radical (unpaired) electrons. The molecule has 0 heterocycles. The quantitative estimate of drug-likeness (QED) is 0.638. The molecule has 0 aliphatic heterocycles. The first-order valence-electron chi connectivity index (χ1n) is 6.14. The van der Waals surface area contributed by atoms with Crippen molar-refractivity contribution in [2.75, 3.05) is 7.05 Å². The second kappa shape index (κ2) is 6.96. The van der Waals surface area contributed by atoms with Crippen molar-refractivity contribution in [2.45, 2.75) is 32.7 Å². The monoisotopic (exact) mass is 332 g/mol. The second-order valence-corrected chi connectivity index (χ2v) is 5.83. The van der Waals surface area contributed by atoms with E-state index in [0.29, 0.717) is 17.9 Å². The van der Waals surface area contributed by atoms with E-state index in [1.807, 2.05) is 7.05 Å². The van der Waals surface area contributed by atoms with Gasteiger partial charge in [-0.05, 0) is 47.8 Å². The van der Waals surface area contributed by atoms with Gasteiger partial charge >= 0.3 is 0 Å². The summed E-state index contributed by atoms with van der Waals surface area (Å²) in [5.41, 5.74) is 0.378. The molecule has 1 N–H and O–H groups in total. The highest BCUT2D eigenvalue weighted by atomic mass is 79.9. The van der Waals surface area contributed by atoms with E-state index in [4.69, 9.17) is 0 Å². The number of hydrogen-bond donors (Lipinski definition) is 1. The lowest BCUT2D eigenvalue weighted by molar-refractivity contribution is -0.385. The summed E-state index contributed by atoms with van der Waals surface area (Å²) >= 11 is 2.98. The highest BCUT2D eigenvalue weighted by Gasteiger charge is 2.20. The van der Waals surface area contributed by atoms with Crippen LogP contribution in [0.3, 0.4) is 0 Å². The number of nitrogens with zero attached hydrogens (tertiary/aromatic N) is 1. The van der Waals surface area contributed by atoms with Gasteiger partial charge in [0.2, 0.25) is 0 Å². The molecule has 1 unspecified atom stereocenters. The summed E-state index contributed by atoms with van der Waals surface area (Å²) in [6.07, 6.45) is 1.32. The van der Waals surface area contributed by atoms with Crippen LogP contribution < -0.4 is 5.32 Å². The van der Waals surface area contributed by atoms with Gasteiger partial charge in [-0.2, -0.15) is 0 Å². The summed E-state index contributed by atoms with van der Waals surface area (Å²) in [5, 5.41) is 14.1. The first-order valence-corrected chi connectivity index (χ1v) is 6.94. The van der Waals surface area contributed by atoms with Gasteiger partial charge in [-0.1, -0.05) is 13.8 Å². The number of likely N-dealkylation sites (N-methyl/N-ethyl adjacent to an activating group) is 1. The normalized spacial score (nSPS) is 12.7. The van der Waals surface area contributed by atoms with E-state index < -0.39 is 10.7 Å². The van der Waals surface area contributed by atoms with E-state index in [1.54, 1.807) is 0 Å².